The van der Waals surface area contributed by atoms with Gasteiger partial charge in [-0.05, 0) is 31.5 Å². The monoisotopic (exact) mass is 303 g/mol. The predicted octanol–water partition coefficient (Wildman–Crippen LogP) is 3.23. The zero-order chi connectivity index (χ0) is 16.3. The van der Waals surface area contributed by atoms with Gasteiger partial charge in [0.1, 0.15) is 0 Å². The first-order valence-corrected chi connectivity index (χ1v) is 6.18. The maximum Gasteiger partial charge on any atom is 0.393 e. The Morgan fingerprint density at radius 1 is 1.24 bits per heavy atom. The quantitative estimate of drug-likeness (QED) is 0.877. The number of carbonyl (C=O) groups is 2. The van der Waals surface area contributed by atoms with Crippen LogP contribution in [0.2, 0.25) is 0 Å². The number of alkyl halides is 3. The van der Waals surface area contributed by atoms with Gasteiger partial charge in [0, 0.05) is 12.1 Å². The van der Waals surface area contributed by atoms with E-state index in [-0.39, 0.29) is 17.7 Å². The average Bonchev–Trinajstić information content (AvgIpc) is 2.25. The summed E-state index contributed by atoms with van der Waals surface area (Å²) in [7, 11) is 0. The van der Waals surface area contributed by atoms with Crippen molar-refractivity contribution < 1.29 is 27.9 Å². The lowest BCUT2D eigenvalue weighted by Gasteiger charge is -2.18. The van der Waals surface area contributed by atoms with Crippen LogP contribution in [0.15, 0.2) is 24.3 Å². The highest BCUT2D eigenvalue weighted by Gasteiger charge is 2.30. The van der Waals surface area contributed by atoms with Crippen molar-refractivity contribution in [2.75, 3.05) is 5.32 Å². The molecule has 1 aromatic rings. The number of aliphatic carboxylic acids is 1. The number of carboxylic acid groups (broad SMARTS) is 1. The van der Waals surface area contributed by atoms with Crippen molar-refractivity contribution in [3.8, 4) is 0 Å². The fourth-order valence-electron chi connectivity index (χ4n) is 1.67. The lowest BCUT2D eigenvalue weighted by atomic mass is 9.89. The van der Waals surface area contributed by atoms with E-state index >= 15 is 0 Å². The average molecular weight is 303 g/mol. The topological polar surface area (TPSA) is 66.4 Å². The van der Waals surface area contributed by atoms with Crippen LogP contribution in [0.5, 0.6) is 0 Å². The van der Waals surface area contributed by atoms with Crippen molar-refractivity contribution in [2.45, 2.75) is 32.9 Å². The molecule has 0 aliphatic heterocycles. The van der Waals surface area contributed by atoms with E-state index in [1.54, 1.807) is 0 Å². The van der Waals surface area contributed by atoms with Crippen LogP contribution < -0.4 is 5.32 Å². The molecule has 0 spiro atoms. The third-order valence-electron chi connectivity index (χ3n) is 2.80. The van der Waals surface area contributed by atoms with Crippen LogP contribution in [0.1, 0.15) is 25.8 Å². The van der Waals surface area contributed by atoms with Gasteiger partial charge in [0.15, 0.2) is 0 Å². The van der Waals surface area contributed by atoms with Crippen LogP contribution in [-0.2, 0) is 16.0 Å². The molecule has 0 radical (unpaired) electrons. The molecule has 1 rings (SSSR count). The zero-order valence-electron chi connectivity index (χ0n) is 11.6. The minimum atomic E-state index is -4.33. The molecule has 2 N–H and O–H groups in total. The van der Waals surface area contributed by atoms with Crippen molar-refractivity contribution >= 4 is 17.6 Å². The molecule has 1 aromatic carbocycles. The van der Waals surface area contributed by atoms with E-state index in [0.29, 0.717) is 0 Å². The summed E-state index contributed by atoms with van der Waals surface area (Å²) in [6.45, 7) is 2.80. The third-order valence-corrected chi connectivity index (χ3v) is 2.80. The van der Waals surface area contributed by atoms with Gasteiger partial charge < -0.3 is 10.4 Å². The Kier molecular flexibility index (Phi) is 4.98. The number of carbonyl (C=O) groups excluding carboxylic acids is 1. The Balaban J connectivity index is 2.73. The fourth-order valence-corrected chi connectivity index (χ4v) is 1.67. The van der Waals surface area contributed by atoms with E-state index in [1.165, 1.54) is 38.1 Å². The lowest BCUT2D eigenvalue weighted by Crippen LogP contribution is -2.29. The van der Waals surface area contributed by atoms with E-state index in [1.807, 2.05) is 0 Å². The Labute approximate surface area is 120 Å². The third kappa shape index (κ3) is 5.85. The van der Waals surface area contributed by atoms with Gasteiger partial charge in [-0.3, -0.25) is 9.59 Å². The normalized spacial score (nSPS) is 12.0. The van der Waals surface area contributed by atoms with Crippen LogP contribution in [0.3, 0.4) is 0 Å². The largest absolute Gasteiger partial charge is 0.481 e. The molecule has 0 heterocycles. The fraction of sp³-hybridized carbons (Fsp3) is 0.429. The number of amides is 1. The minimum absolute atomic E-state index is 0.0257. The second kappa shape index (κ2) is 6.15. The van der Waals surface area contributed by atoms with Gasteiger partial charge in [0.25, 0.3) is 0 Å². The van der Waals surface area contributed by atoms with Crippen LogP contribution >= 0.6 is 0 Å². The molecule has 0 aromatic heterocycles. The van der Waals surface area contributed by atoms with E-state index in [9.17, 15) is 22.8 Å². The molecule has 116 valence electrons. The molecule has 0 saturated carbocycles. The number of halogens is 3. The van der Waals surface area contributed by atoms with Gasteiger partial charge in [-0.15, -0.1) is 0 Å². The molecule has 21 heavy (non-hydrogen) atoms. The van der Waals surface area contributed by atoms with Gasteiger partial charge >= 0.3 is 12.1 Å². The molecule has 0 unspecified atom stereocenters. The predicted molar refractivity (Wildman–Crippen MR) is 70.9 cm³/mol. The van der Waals surface area contributed by atoms with Gasteiger partial charge in [-0.25, -0.2) is 0 Å². The smallest absolute Gasteiger partial charge is 0.393 e. The molecule has 0 atom stereocenters. The van der Waals surface area contributed by atoms with Gasteiger partial charge in [-0.1, -0.05) is 12.1 Å². The van der Waals surface area contributed by atoms with Crippen molar-refractivity contribution in [2.24, 2.45) is 5.41 Å². The van der Waals surface area contributed by atoms with Crippen molar-refractivity contribution in [3.05, 3.63) is 29.8 Å². The lowest BCUT2D eigenvalue weighted by molar-refractivity contribution is -0.149. The summed E-state index contributed by atoms with van der Waals surface area (Å²) in [6, 6.07) is 5.38. The Morgan fingerprint density at radius 2 is 1.86 bits per heavy atom. The standard InChI is InChI=1S/C14H16F3NO3/c1-13(2,12(20)21)8-11(19)18-10-5-3-4-9(6-10)7-14(15,16)17/h3-6H,7-8H2,1-2H3,(H,18,19)(H,20,21). The summed E-state index contributed by atoms with van der Waals surface area (Å²) in [6.07, 6.45) is -5.68. The minimum Gasteiger partial charge on any atom is -0.481 e. The summed E-state index contributed by atoms with van der Waals surface area (Å²) < 4.78 is 36.9. The van der Waals surface area contributed by atoms with Crippen LogP contribution in [0.25, 0.3) is 0 Å². The first-order chi connectivity index (χ1) is 9.49. The number of anilines is 1. The first-order valence-electron chi connectivity index (χ1n) is 6.18. The van der Waals surface area contributed by atoms with Crippen molar-refractivity contribution in [1.29, 1.82) is 0 Å². The number of nitrogens with one attached hydrogen (secondary N) is 1. The maximum atomic E-state index is 12.3. The molecule has 0 bridgehead atoms. The Bertz CT molecular complexity index is 539. The second-order valence-electron chi connectivity index (χ2n) is 5.41. The highest BCUT2D eigenvalue weighted by atomic mass is 19.4. The summed E-state index contributed by atoms with van der Waals surface area (Å²) in [5.41, 5.74) is -1.01. The molecule has 0 aliphatic rings. The summed E-state index contributed by atoms with van der Waals surface area (Å²) in [4.78, 5) is 22.6. The van der Waals surface area contributed by atoms with E-state index in [2.05, 4.69) is 5.32 Å². The molecule has 0 saturated heterocycles. The van der Waals surface area contributed by atoms with Crippen LogP contribution in [0.4, 0.5) is 18.9 Å². The molecule has 4 nitrogen and oxygen atoms in total. The molecule has 1 amide bonds. The molecular formula is C14H16F3NO3. The SMILES string of the molecule is CC(C)(CC(=O)Nc1cccc(CC(F)(F)F)c1)C(=O)O. The summed E-state index contributed by atoms with van der Waals surface area (Å²) in [5, 5.41) is 11.3. The zero-order valence-corrected chi connectivity index (χ0v) is 11.6. The first kappa shape index (κ1) is 17.0. The molecular weight excluding hydrogens is 287 g/mol. The van der Waals surface area contributed by atoms with E-state index in [4.69, 9.17) is 5.11 Å². The van der Waals surface area contributed by atoms with Gasteiger partial charge in [-0.2, -0.15) is 13.2 Å². The van der Waals surface area contributed by atoms with Crippen LogP contribution in [-0.4, -0.2) is 23.2 Å². The number of hydrogen-bond acceptors (Lipinski definition) is 2. The van der Waals surface area contributed by atoms with Gasteiger partial charge in [0.2, 0.25) is 5.91 Å². The second-order valence-corrected chi connectivity index (χ2v) is 5.41. The number of rotatable bonds is 5. The number of hydrogen-bond donors (Lipinski definition) is 2. The van der Waals surface area contributed by atoms with E-state index < -0.39 is 29.9 Å². The van der Waals surface area contributed by atoms with E-state index in [0.717, 1.165) is 0 Å². The highest BCUT2D eigenvalue weighted by molar-refractivity contribution is 5.94. The van der Waals surface area contributed by atoms with Crippen molar-refractivity contribution in [3.63, 3.8) is 0 Å². The molecule has 7 heteroatoms. The Hall–Kier alpha value is -2.05. The van der Waals surface area contributed by atoms with Crippen LogP contribution in [0, 0.1) is 5.41 Å². The Morgan fingerprint density at radius 3 is 2.38 bits per heavy atom. The van der Waals surface area contributed by atoms with Gasteiger partial charge in [0.05, 0.1) is 11.8 Å². The molecule has 0 fully saturated rings. The number of carboxylic acids is 1. The summed E-state index contributed by atoms with van der Waals surface area (Å²) >= 11 is 0. The molecule has 0 aliphatic carbocycles. The number of benzene rings is 1. The van der Waals surface area contributed by atoms with Crippen molar-refractivity contribution in [1.82, 2.24) is 0 Å². The highest BCUT2D eigenvalue weighted by Crippen LogP contribution is 2.24. The maximum absolute atomic E-state index is 12.3. The summed E-state index contributed by atoms with van der Waals surface area (Å²) in [5.74, 6) is -1.69.